The average Bonchev–Trinajstić information content (AvgIpc) is 2.29. The van der Waals surface area contributed by atoms with Gasteiger partial charge in [0, 0.05) is 22.6 Å². The molecule has 0 saturated heterocycles. The van der Waals surface area contributed by atoms with Crippen LogP contribution in [0.25, 0.3) is 0 Å². The molecule has 0 spiro atoms. The molecule has 0 aromatic carbocycles. The largest absolute Gasteiger partial charge is 0.0846 e. The van der Waals surface area contributed by atoms with E-state index in [0.717, 1.165) is 29.0 Å². The zero-order valence-corrected chi connectivity index (χ0v) is 11.2. The number of thiocarbonyl (C=S) groups is 2. The zero-order chi connectivity index (χ0) is 12.1. The topological polar surface area (TPSA) is 0 Å². The van der Waals surface area contributed by atoms with Crippen molar-refractivity contribution in [3.8, 4) is 0 Å². The molecule has 2 rings (SSSR count). The van der Waals surface area contributed by atoms with E-state index in [9.17, 15) is 0 Å². The van der Waals surface area contributed by atoms with E-state index in [1.54, 1.807) is 0 Å². The normalized spacial score (nSPS) is 19.8. The smallest absolute Gasteiger partial charge is 0.0195 e. The highest BCUT2D eigenvalue weighted by Gasteiger charge is 2.00. The number of rotatable bonds is 3. The van der Waals surface area contributed by atoms with Crippen molar-refractivity contribution in [3.63, 3.8) is 0 Å². The van der Waals surface area contributed by atoms with E-state index in [-0.39, 0.29) is 0 Å². The van der Waals surface area contributed by atoms with Crippen molar-refractivity contribution in [1.82, 2.24) is 0 Å². The van der Waals surface area contributed by atoms with Gasteiger partial charge in [-0.2, -0.15) is 0 Å². The fraction of sp³-hybridized carbons (Fsp3) is 0.200. The second-order valence-corrected chi connectivity index (χ2v) is 5.16. The summed E-state index contributed by atoms with van der Waals surface area (Å²) in [5.41, 5.74) is 2.46. The van der Waals surface area contributed by atoms with E-state index in [1.165, 1.54) is 11.1 Å². The van der Waals surface area contributed by atoms with Gasteiger partial charge in [-0.05, 0) is 29.7 Å². The summed E-state index contributed by atoms with van der Waals surface area (Å²) in [5.74, 6) is 0. The van der Waals surface area contributed by atoms with Crippen molar-refractivity contribution >= 4 is 34.2 Å². The number of hydrogen-bond acceptors (Lipinski definition) is 2. The lowest BCUT2D eigenvalue weighted by Gasteiger charge is -2.05. The Morgan fingerprint density at radius 2 is 1.71 bits per heavy atom. The maximum Gasteiger partial charge on any atom is 0.0195 e. The van der Waals surface area contributed by atoms with Crippen LogP contribution in [0.1, 0.15) is 19.3 Å². The molecule has 0 aromatic heterocycles. The van der Waals surface area contributed by atoms with Crippen LogP contribution in [-0.4, -0.2) is 9.73 Å². The quantitative estimate of drug-likeness (QED) is 0.686. The van der Waals surface area contributed by atoms with Crippen molar-refractivity contribution in [2.24, 2.45) is 0 Å². The molecule has 17 heavy (non-hydrogen) atoms. The first-order valence-electron chi connectivity index (χ1n) is 5.71. The van der Waals surface area contributed by atoms with Gasteiger partial charge in [0.05, 0.1) is 0 Å². The van der Waals surface area contributed by atoms with Gasteiger partial charge in [0.1, 0.15) is 0 Å². The number of hydrogen-bond donors (Lipinski definition) is 0. The molecule has 0 unspecified atom stereocenters. The second kappa shape index (κ2) is 5.99. The van der Waals surface area contributed by atoms with Crippen LogP contribution >= 0.6 is 24.4 Å². The lowest BCUT2D eigenvalue weighted by Crippen LogP contribution is -1.94. The first-order valence-corrected chi connectivity index (χ1v) is 6.53. The maximum atomic E-state index is 5.18. The molecule has 0 atom stereocenters. The minimum atomic E-state index is 0.898. The van der Waals surface area contributed by atoms with Gasteiger partial charge in [0.15, 0.2) is 0 Å². The second-order valence-electron chi connectivity index (χ2n) is 4.12. The third-order valence-electron chi connectivity index (χ3n) is 2.62. The van der Waals surface area contributed by atoms with Crippen LogP contribution in [0.5, 0.6) is 0 Å². The Balaban J connectivity index is 1.94. The molecule has 0 amide bonds. The van der Waals surface area contributed by atoms with Crippen LogP contribution in [0.4, 0.5) is 0 Å². The first-order chi connectivity index (χ1) is 8.24. The van der Waals surface area contributed by atoms with Crippen molar-refractivity contribution in [2.45, 2.75) is 19.3 Å². The molecule has 2 aliphatic rings. The Bertz CT molecular complexity index is 485. The molecular weight excluding hydrogens is 244 g/mol. The highest BCUT2D eigenvalue weighted by Crippen LogP contribution is 2.14. The molecule has 0 aliphatic heterocycles. The minimum absolute atomic E-state index is 0.898. The Morgan fingerprint density at radius 3 is 2.41 bits per heavy atom. The van der Waals surface area contributed by atoms with Crippen molar-refractivity contribution in [2.75, 3.05) is 0 Å². The molecule has 0 aromatic rings. The Labute approximate surface area is 113 Å². The Kier molecular flexibility index (Phi) is 4.35. The van der Waals surface area contributed by atoms with Gasteiger partial charge in [-0.3, -0.25) is 0 Å². The fourth-order valence-electron chi connectivity index (χ4n) is 1.81. The summed E-state index contributed by atoms with van der Waals surface area (Å²) in [6.45, 7) is 0. The van der Waals surface area contributed by atoms with Gasteiger partial charge in [-0.1, -0.05) is 60.9 Å². The highest BCUT2D eigenvalue weighted by atomic mass is 32.1. The van der Waals surface area contributed by atoms with Crippen LogP contribution in [0.2, 0.25) is 0 Å². The lowest BCUT2D eigenvalue weighted by atomic mass is 10.0. The van der Waals surface area contributed by atoms with Gasteiger partial charge >= 0.3 is 0 Å². The molecule has 0 fully saturated rings. The third-order valence-corrected chi connectivity index (χ3v) is 3.19. The molecule has 2 aliphatic carbocycles. The highest BCUT2D eigenvalue weighted by molar-refractivity contribution is 7.81. The van der Waals surface area contributed by atoms with E-state index >= 15 is 0 Å². The molecule has 0 nitrogen and oxygen atoms in total. The van der Waals surface area contributed by atoms with E-state index in [2.05, 4.69) is 48.6 Å². The van der Waals surface area contributed by atoms with E-state index in [0.29, 0.717) is 0 Å². The van der Waals surface area contributed by atoms with Crippen LogP contribution in [0.15, 0.2) is 59.8 Å². The van der Waals surface area contributed by atoms with Gasteiger partial charge in [0.25, 0.3) is 0 Å². The minimum Gasteiger partial charge on any atom is -0.0846 e. The molecule has 0 saturated carbocycles. The predicted molar refractivity (Wildman–Crippen MR) is 82.6 cm³/mol. The average molecular weight is 258 g/mol. The Morgan fingerprint density at radius 1 is 1.00 bits per heavy atom. The molecule has 0 radical (unpaired) electrons. The van der Waals surface area contributed by atoms with Gasteiger partial charge in [-0.25, -0.2) is 0 Å². The van der Waals surface area contributed by atoms with Gasteiger partial charge in [-0.15, -0.1) is 0 Å². The van der Waals surface area contributed by atoms with E-state index in [4.69, 9.17) is 24.4 Å². The summed E-state index contributed by atoms with van der Waals surface area (Å²) in [5, 5.41) is 0. The van der Waals surface area contributed by atoms with Crippen molar-refractivity contribution in [1.29, 1.82) is 0 Å². The SMILES string of the molecule is S=C1C=C(C=CCC2=CC(=S)CC=C2)C=CC1. The van der Waals surface area contributed by atoms with E-state index in [1.807, 2.05) is 0 Å². The monoisotopic (exact) mass is 258 g/mol. The van der Waals surface area contributed by atoms with Crippen LogP contribution in [-0.2, 0) is 0 Å². The zero-order valence-electron chi connectivity index (χ0n) is 9.56. The fourth-order valence-corrected chi connectivity index (χ4v) is 2.29. The third kappa shape index (κ3) is 3.99. The first kappa shape index (κ1) is 12.3. The standard InChI is InChI=1S/C15H14S2/c16-14-8-2-6-12(10-14)4-1-5-13-7-3-9-15(17)11-13/h1-4,6-7,10-11H,5,8-9H2. The molecule has 2 heteroatoms. The summed E-state index contributed by atoms with van der Waals surface area (Å²) >= 11 is 10.4. The molecule has 0 bridgehead atoms. The van der Waals surface area contributed by atoms with Gasteiger partial charge in [0.2, 0.25) is 0 Å². The summed E-state index contributed by atoms with van der Waals surface area (Å²) in [4.78, 5) is 2.03. The van der Waals surface area contributed by atoms with Gasteiger partial charge < -0.3 is 0 Å². The molecule has 86 valence electrons. The maximum absolute atomic E-state index is 5.18. The summed E-state index contributed by atoms with van der Waals surface area (Å²) in [7, 11) is 0. The summed E-state index contributed by atoms with van der Waals surface area (Å²) < 4.78 is 0. The predicted octanol–water partition coefficient (Wildman–Crippen LogP) is 4.45. The molecular formula is C15H14S2. The van der Waals surface area contributed by atoms with Crippen molar-refractivity contribution in [3.05, 3.63) is 59.8 Å². The lowest BCUT2D eigenvalue weighted by molar-refractivity contribution is 1.26. The number of allylic oxidation sites excluding steroid dienone is 10. The molecule has 0 N–H and O–H groups in total. The summed E-state index contributed by atoms with van der Waals surface area (Å²) in [6, 6.07) is 0. The summed E-state index contributed by atoms with van der Waals surface area (Å²) in [6.07, 6.45) is 19.7. The molecule has 0 heterocycles. The van der Waals surface area contributed by atoms with Crippen molar-refractivity contribution < 1.29 is 0 Å². The van der Waals surface area contributed by atoms with Crippen LogP contribution < -0.4 is 0 Å². The Hall–Kier alpha value is -1.12. The van der Waals surface area contributed by atoms with E-state index < -0.39 is 0 Å². The van der Waals surface area contributed by atoms with Crippen LogP contribution in [0, 0.1) is 0 Å². The van der Waals surface area contributed by atoms with Crippen LogP contribution in [0.3, 0.4) is 0 Å².